The topological polar surface area (TPSA) is 129 Å². The summed E-state index contributed by atoms with van der Waals surface area (Å²) in [7, 11) is 0. The molecule has 11 nitrogen and oxygen atoms in total. The summed E-state index contributed by atoms with van der Waals surface area (Å²) in [6, 6.07) is 21.3. The molecule has 1 aliphatic heterocycles. The average molecular weight is 543 g/mol. The average Bonchev–Trinajstić information content (AvgIpc) is 3.33. The SMILES string of the molecule is CC(=O)Nc1nc(NC(C)=O)c2ncn(CC(O)CN3CCN(C(c4ccccc4)c4ccccc4)CC3)c2n1. The van der Waals surface area contributed by atoms with Crippen molar-refractivity contribution in [3.05, 3.63) is 78.1 Å². The summed E-state index contributed by atoms with van der Waals surface area (Å²) in [6.07, 6.45) is 0.889. The number of hydrogen-bond donors (Lipinski definition) is 3. The Bertz CT molecular complexity index is 1410. The van der Waals surface area contributed by atoms with Crippen LogP contribution in [-0.2, 0) is 16.1 Å². The van der Waals surface area contributed by atoms with Crippen LogP contribution in [0.2, 0.25) is 0 Å². The standard InChI is InChI=1S/C29H34N8O3/c1-20(38)31-27-25-28(34-29(33-27)32-21(2)39)37(19-30-25)18-24(40)17-35-13-15-36(16-14-35)26(22-9-5-3-6-10-22)23-11-7-4-8-12-23/h3-12,19,24,26,40H,13-18H2,1-2H3,(H2,31,32,33,34,38,39). The van der Waals surface area contributed by atoms with Gasteiger partial charge in [0, 0.05) is 46.6 Å². The van der Waals surface area contributed by atoms with E-state index in [-0.39, 0.29) is 36.2 Å². The minimum Gasteiger partial charge on any atom is -0.390 e. The van der Waals surface area contributed by atoms with Gasteiger partial charge in [0.2, 0.25) is 17.8 Å². The molecule has 1 saturated heterocycles. The molecule has 0 spiro atoms. The third kappa shape index (κ3) is 6.50. The van der Waals surface area contributed by atoms with E-state index in [0.29, 0.717) is 17.7 Å². The van der Waals surface area contributed by atoms with Crippen molar-refractivity contribution in [2.24, 2.45) is 0 Å². The second kappa shape index (κ2) is 12.3. The van der Waals surface area contributed by atoms with E-state index in [0.717, 1.165) is 26.2 Å². The lowest BCUT2D eigenvalue weighted by molar-refractivity contribution is -0.115. The predicted octanol–water partition coefficient (Wildman–Crippen LogP) is 2.51. The summed E-state index contributed by atoms with van der Waals surface area (Å²) in [5, 5.41) is 16.2. The van der Waals surface area contributed by atoms with Gasteiger partial charge in [-0.2, -0.15) is 9.97 Å². The van der Waals surface area contributed by atoms with Crippen molar-refractivity contribution in [2.45, 2.75) is 32.5 Å². The van der Waals surface area contributed by atoms with Gasteiger partial charge < -0.3 is 15.0 Å². The maximum absolute atomic E-state index is 11.7. The van der Waals surface area contributed by atoms with E-state index in [1.54, 1.807) is 10.9 Å². The summed E-state index contributed by atoms with van der Waals surface area (Å²) in [4.78, 5) is 41.0. The van der Waals surface area contributed by atoms with E-state index in [1.807, 2.05) is 12.1 Å². The Balaban J connectivity index is 1.25. The molecule has 0 aliphatic carbocycles. The predicted molar refractivity (Wildman–Crippen MR) is 153 cm³/mol. The van der Waals surface area contributed by atoms with Gasteiger partial charge in [-0.25, -0.2) is 4.98 Å². The van der Waals surface area contributed by atoms with Crippen molar-refractivity contribution in [3.63, 3.8) is 0 Å². The number of piperazine rings is 1. The third-order valence-corrected chi connectivity index (χ3v) is 6.93. The summed E-state index contributed by atoms with van der Waals surface area (Å²) in [6.45, 7) is 6.90. The molecule has 0 bridgehead atoms. The lowest BCUT2D eigenvalue weighted by Gasteiger charge is -2.40. The molecule has 2 aromatic heterocycles. The lowest BCUT2D eigenvalue weighted by atomic mass is 9.96. The van der Waals surface area contributed by atoms with Gasteiger partial charge in [0.25, 0.3) is 0 Å². The zero-order valence-electron chi connectivity index (χ0n) is 22.7. The molecule has 0 radical (unpaired) electrons. The van der Waals surface area contributed by atoms with Crippen molar-refractivity contribution in [1.29, 1.82) is 0 Å². The van der Waals surface area contributed by atoms with Crippen LogP contribution in [-0.4, -0.2) is 85.1 Å². The van der Waals surface area contributed by atoms with Gasteiger partial charge in [0.05, 0.1) is 25.0 Å². The molecule has 1 fully saturated rings. The number of benzene rings is 2. The number of β-amino-alcohol motifs (C(OH)–C–C–N with tert-alkyl or cyclic N) is 1. The number of imidazole rings is 1. The quantitative estimate of drug-likeness (QED) is 0.294. The zero-order chi connectivity index (χ0) is 28.1. The molecule has 4 aromatic rings. The Kier molecular flexibility index (Phi) is 8.44. The van der Waals surface area contributed by atoms with Gasteiger partial charge >= 0.3 is 0 Å². The molecular weight excluding hydrogens is 508 g/mol. The number of rotatable bonds is 9. The van der Waals surface area contributed by atoms with Crippen LogP contribution in [0, 0.1) is 0 Å². The molecule has 2 aromatic carbocycles. The molecule has 40 heavy (non-hydrogen) atoms. The minimum absolute atomic E-state index is 0.0579. The first kappa shape index (κ1) is 27.4. The molecule has 11 heteroatoms. The van der Waals surface area contributed by atoms with Gasteiger partial charge in [-0.3, -0.25) is 24.7 Å². The van der Waals surface area contributed by atoms with Gasteiger partial charge in [-0.1, -0.05) is 60.7 Å². The van der Waals surface area contributed by atoms with Crippen molar-refractivity contribution < 1.29 is 14.7 Å². The maximum Gasteiger partial charge on any atom is 0.233 e. The largest absolute Gasteiger partial charge is 0.390 e. The van der Waals surface area contributed by atoms with E-state index in [1.165, 1.54) is 25.0 Å². The van der Waals surface area contributed by atoms with Gasteiger partial charge in [-0.15, -0.1) is 0 Å². The number of nitrogens with one attached hydrogen (secondary N) is 2. The highest BCUT2D eigenvalue weighted by atomic mass is 16.3. The van der Waals surface area contributed by atoms with Crippen LogP contribution >= 0.6 is 0 Å². The Labute approximate surface area is 232 Å². The molecule has 208 valence electrons. The molecule has 3 heterocycles. The highest BCUT2D eigenvalue weighted by Crippen LogP contribution is 2.29. The Morgan fingerprint density at radius 3 is 2.02 bits per heavy atom. The zero-order valence-corrected chi connectivity index (χ0v) is 22.7. The number of fused-ring (bicyclic) bond motifs is 1. The van der Waals surface area contributed by atoms with Gasteiger partial charge in [0.1, 0.15) is 0 Å². The van der Waals surface area contributed by atoms with Crippen LogP contribution in [0.3, 0.4) is 0 Å². The first-order chi connectivity index (χ1) is 19.4. The number of hydrogen-bond acceptors (Lipinski definition) is 8. The second-order valence-electron chi connectivity index (χ2n) is 10.0. The van der Waals surface area contributed by atoms with E-state index in [4.69, 9.17) is 0 Å². The van der Waals surface area contributed by atoms with Crippen LogP contribution in [0.1, 0.15) is 31.0 Å². The van der Waals surface area contributed by atoms with Crippen LogP contribution in [0.5, 0.6) is 0 Å². The number of carbonyl (C=O) groups is 2. The molecule has 1 unspecified atom stereocenters. The lowest BCUT2D eigenvalue weighted by Crippen LogP contribution is -2.50. The first-order valence-electron chi connectivity index (χ1n) is 13.4. The Morgan fingerprint density at radius 1 is 0.850 bits per heavy atom. The van der Waals surface area contributed by atoms with Crippen LogP contribution < -0.4 is 10.6 Å². The third-order valence-electron chi connectivity index (χ3n) is 6.93. The van der Waals surface area contributed by atoms with E-state index < -0.39 is 6.10 Å². The monoisotopic (exact) mass is 542 g/mol. The number of amides is 2. The fraction of sp³-hybridized carbons (Fsp3) is 0.345. The number of aromatic nitrogens is 4. The van der Waals surface area contributed by atoms with E-state index in [2.05, 4.69) is 83.9 Å². The molecule has 1 atom stereocenters. The van der Waals surface area contributed by atoms with Crippen LogP contribution in [0.25, 0.3) is 11.2 Å². The number of nitrogens with zero attached hydrogens (tertiary/aromatic N) is 6. The summed E-state index contributed by atoms with van der Waals surface area (Å²) >= 11 is 0. The highest BCUT2D eigenvalue weighted by molar-refractivity contribution is 5.97. The number of anilines is 2. The molecule has 0 saturated carbocycles. The second-order valence-corrected chi connectivity index (χ2v) is 10.0. The van der Waals surface area contributed by atoms with Crippen LogP contribution in [0.4, 0.5) is 11.8 Å². The van der Waals surface area contributed by atoms with Crippen molar-refractivity contribution in [3.8, 4) is 0 Å². The first-order valence-corrected chi connectivity index (χ1v) is 13.4. The van der Waals surface area contributed by atoms with Crippen LogP contribution in [0.15, 0.2) is 67.0 Å². The van der Waals surface area contributed by atoms with Crippen molar-refractivity contribution >= 4 is 34.7 Å². The highest BCUT2D eigenvalue weighted by Gasteiger charge is 2.27. The number of aliphatic hydroxyl groups is 1. The molecular formula is C29H34N8O3. The maximum atomic E-state index is 11.7. The smallest absolute Gasteiger partial charge is 0.233 e. The minimum atomic E-state index is -0.675. The van der Waals surface area contributed by atoms with E-state index >= 15 is 0 Å². The number of carbonyl (C=O) groups excluding carboxylic acids is 2. The van der Waals surface area contributed by atoms with Crippen molar-refractivity contribution in [2.75, 3.05) is 43.4 Å². The van der Waals surface area contributed by atoms with E-state index in [9.17, 15) is 14.7 Å². The normalized spacial score (nSPS) is 15.3. The fourth-order valence-corrected chi connectivity index (χ4v) is 5.22. The summed E-state index contributed by atoms with van der Waals surface area (Å²) in [5.41, 5.74) is 3.35. The van der Waals surface area contributed by atoms with Gasteiger partial charge in [0.15, 0.2) is 17.0 Å². The summed E-state index contributed by atoms with van der Waals surface area (Å²) in [5.74, 6) is -0.385. The summed E-state index contributed by atoms with van der Waals surface area (Å²) < 4.78 is 1.72. The molecule has 3 N–H and O–H groups in total. The van der Waals surface area contributed by atoms with Crippen molar-refractivity contribution in [1.82, 2.24) is 29.3 Å². The molecule has 5 rings (SSSR count). The fourth-order valence-electron chi connectivity index (χ4n) is 5.22. The van der Waals surface area contributed by atoms with Gasteiger partial charge in [-0.05, 0) is 11.1 Å². The Hall–Kier alpha value is -4.19. The number of aliphatic hydroxyl groups excluding tert-OH is 1. The Morgan fingerprint density at radius 2 is 1.45 bits per heavy atom. The molecule has 1 aliphatic rings. The molecule has 2 amide bonds.